The summed E-state index contributed by atoms with van der Waals surface area (Å²) < 4.78 is 3.26. The standard InChI is InChI=1S/C16H19N3S/c1-4-17-15(14-10-19(3)18-11(14)2)13-7-5-6-12-8-9-20-16(12)13/h5-10,15,17H,4H2,1-3H3. The third-order valence-electron chi connectivity index (χ3n) is 3.59. The Hall–Kier alpha value is -1.65. The van der Waals surface area contributed by atoms with Crippen LogP contribution < -0.4 is 5.32 Å². The molecule has 0 aliphatic rings. The molecule has 20 heavy (non-hydrogen) atoms. The van der Waals surface area contributed by atoms with Crippen LogP contribution in [0.3, 0.4) is 0 Å². The van der Waals surface area contributed by atoms with Crippen molar-refractivity contribution in [3.63, 3.8) is 0 Å². The Labute approximate surface area is 123 Å². The number of benzene rings is 1. The van der Waals surface area contributed by atoms with Gasteiger partial charge in [0.1, 0.15) is 0 Å². The van der Waals surface area contributed by atoms with Crippen molar-refractivity contribution in [3.8, 4) is 0 Å². The van der Waals surface area contributed by atoms with E-state index in [-0.39, 0.29) is 6.04 Å². The molecule has 0 radical (unpaired) electrons. The van der Waals surface area contributed by atoms with Gasteiger partial charge in [-0.2, -0.15) is 5.10 Å². The Morgan fingerprint density at radius 1 is 1.30 bits per heavy atom. The summed E-state index contributed by atoms with van der Waals surface area (Å²) in [5, 5.41) is 11.6. The van der Waals surface area contributed by atoms with Crippen LogP contribution in [-0.2, 0) is 7.05 Å². The topological polar surface area (TPSA) is 29.9 Å². The van der Waals surface area contributed by atoms with E-state index in [2.05, 4.69) is 60.1 Å². The van der Waals surface area contributed by atoms with Gasteiger partial charge in [-0.25, -0.2) is 0 Å². The van der Waals surface area contributed by atoms with E-state index in [1.165, 1.54) is 21.2 Å². The minimum atomic E-state index is 0.205. The van der Waals surface area contributed by atoms with Crippen LogP contribution >= 0.6 is 11.3 Å². The Balaban J connectivity index is 2.15. The number of hydrogen-bond acceptors (Lipinski definition) is 3. The number of aromatic nitrogens is 2. The van der Waals surface area contributed by atoms with Crippen molar-refractivity contribution in [2.75, 3.05) is 6.54 Å². The second-order valence-electron chi connectivity index (χ2n) is 5.02. The van der Waals surface area contributed by atoms with Gasteiger partial charge in [0.25, 0.3) is 0 Å². The van der Waals surface area contributed by atoms with Gasteiger partial charge >= 0.3 is 0 Å². The first-order chi connectivity index (χ1) is 9.70. The minimum absolute atomic E-state index is 0.205. The van der Waals surface area contributed by atoms with Crippen molar-refractivity contribution in [1.29, 1.82) is 0 Å². The molecular formula is C16H19N3S. The van der Waals surface area contributed by atoms with E-state index in [1.54, 1.807) is 0 Å². The maximum atomic E-state index is 4.49. The quantitative estimate of drug-likeness (QED) is 0.793. The number of fused-ring (bicyclic) bond motifs is 1. The zero-order chi connectivity index (χ0) is 14.1. The lowest BCUT2D eigenvalue weighted by Crippen LogP contribution is -2.22. The lowest BCUT2D eigenvalue weighted by molar-refractivity contribution is 0.631. The van der Waals surface area contributed by atoms with Crippen LogP contribution in [-0.4, -0.2) is 16.3 Å². The Bertz CT molecular complexity index is 726. The maximum Gasteiger partial charge on any atom is 0.0644 e. The first kappa shape index (κ1) is 13.3. The molecule has 0 aliphatic carbocycles. The number of thiophene rings is 1. The molecule has 0 amide bonds. The molecule has 0 spiro atoms. The predicted molar refractivity (Wildman–Crippen MR) is 85.3 cm³/mol. The average Bonchev–Trinajstić information content (AvgIpc) is 3.02. The van der Waals surface area contributed by atoms with Gasteiger partial charge in [-0.05, 0) is 35.9 Å². The number of aryl methyl sites for hydroxylation is 2. The van der Waals surface area contributed by atoms with Crippen LogP contribution in [0.15, 0.2) is 35.8 Å². The van der Waals surface area contributed by atoms with Crippen molar-refractivity contribution in [1.82, 2.24) is 15.1 Å². The van der Waals surface area contributed by atoms with Crippen molar-refractivity contribution in [2.45, 2.75) is 19.9 Å². The Kier molecular flexibility index (Phi) is 3.59. The van der Waals surface area contributed by atoms with Crippen molar-refractivity contribution < 1.29 is 0 Å². The second-order valence-corrected chi connectivity index (χ2v) is 5.94. The largest absolute Gasteiger partial charge is 0.306 e. The van der Waals surface area contributed by atoms with Crippen LogP contribution in [0.4, 0.5) is 0 Å². The third kappa shape index (κ3) is 2.25. The van der Waals surface area contributed by atoms with Gasteiger partial charge < -0.3 is 5.32 Å². The molecule has 1 atom stereocenters. The molecule has 3 aromatic rings. The molecular weight excluding hydrogens is 266 g/mol. The van der Waals surface area contributed by atoms with Gasteiger partial charge in [0.15, 0.2) is 0 Å². The molecule has 2 heterocycles. The zero-order valence-electron chi connectivity index (χ0n) is 12.1. The number of nitrogens with one attached hydrogen (secondary N) is 1. The van der Waals surface area contributed by atoms with E-state index in [0.29, 0.717) is 0 Å². The molecule has 0 saturated carbocycles. The first-order valence-corrected chi connectivity index (χ1v) is 7.78. The van der Waals surface area contributed by atoms with E-state index in [0.717, 1.165) is 12.2 Å². The molecule has 2 aromatic heterocycles. The first-order valence-electron chi connectivity index (χ1n) is 6.90. The molecule has 104 valence electrons. The highest BCUT2D eigenvalue weighted by Crippen LogP contribution is 2.33. The summed E-state index contributed by atoms with van der Waals surface area (Å²) in [5.41, 5.74) is 3.69. The summed E-state index contributed by atoms with van der Waals surface area (Å²) in [6.45, 7) is 5.16. The van der Waals surface area contributed by atoms with E-state index in [1.807, 2.05) is 23.1 Å². The fraction of sp³-hybridized carbons (Fsp3) is 0.312. The molecule has 1 N–H and O–H groups in total. The number of nitrogens with zero attached hydrogens (tertiary/aromatic N) is 2. The summed E-state index contributed by atoms with van der Waals surface area (Å²) in [6.07, 6.45) is 2.12. The molecule has 0 saturated heterocycles. The van der Waals surface area contributed by atoms with Crippen LogP contribution in [0.5, 0.6) is 0 Å². The summed E-state index contributed by atoms with van der Waals surface area (Å²) in [7, 11) is 1.98. The SMILES string of the molecule is CCNC(c1cn(C)nc1C)c1cccc2ccsc12. The van der Waals surface area contributed by atoms with E-state index >= 15 is 0 Å². The van der Waals surface area contributed by atoms with Gasteiger partial charge in [-0.1, -0.05) is 25.1 Å². The van der Waals surface area contributed by atoms with Gasteiger partial charge in [0, 0.05) is 23.5 Å². The van der Waals surface area contributed by atoms with Crippen LogP contribution in [0, 0.1) is 6.92 Å². The lowest BCUT2D eigenvalue weighted by Gasteiger charge is -2.18. The highest BCUT2D eigenvalue weighted by atomic mass is 32.1. The normalized spacial score (nSPS) is 12.9. The molecule has 4 heteroatoms. The van der Waals surface area contributed by atoms with Gasteiger partial charge in [-0.15, -0.1) is 11.3 Å². The molecule has 0 aliphatic heterocycles. The van der Waals surface area contributed by atoms with E-state index in [4.69, 9.17) is 0 Å². The molecule has 3 rings (SSSR count). The predicted octanol–water partition coefficient (Wildman–Crippen LogP) is 3.64. The molecule has 0 bridgehead atoms. The van der Waals surface area contributed by atoms with E-state index in [9.17, 15) is 0 Å². The second kappa shape index (κ2) is 5.38. The average molecular weight is 285 g/mol. The summed E-state index contributed by atoms with van der Waals surface area (Å²) >= 11 is 1.81. The molecule has 1 aromatic carbocycles. The minimum Gasteiger partial charge on any atom is -0.306 e. The number of rotatable bonds is 4. The summed E-state index contributed by atoms with van der Waals surface area (Å²) in [4.78, 5) is 0. The number of hydrogen-bond donors (Lipinski definition) is 1. The van der Waals surface area contributed by atoms with Crippen LogP contribution in [0.2, 0.25) is 0 Å². The zero-order valence-corrected chi connectivity index (χ0v) is 12.9. The summed E-state index contributed by atoms with van der Waals surface area (Å²) in [6, 6.07) is 8.92. The van der Waals surface area contributed by atoms with Crippen molar-refractivity contribution in [3.05, 3.63) is 52.7 Å². The lowest BCUT2D eigenvalue weighted by atomic mass is 9.98. The third-order valence-corrected chi connectivity index (χ3v) is 4.57. The molecule has 0 fully saturated rings. The van der Waals surface area contributed by atoms with Gasteiger partial charge in [0.05, 0.1) is 11.7 Å². The highest BCUT2D eigenvalue weighted by Gasteiger charge is 2.20. The fourth-order valence-electron chi connectivity index (χ4n) is 2.74. The van der Waals surface area contributed by atoms with Crippen molar-refractivity contribution in [2.24, 2.45) is 7.05 Å². The Morgan fingerprint density at radius 2 is 2.15 bits per heavy atom. The smallest absolute Gasteiger partial charge is 0.0644 e. The highest BCUT2D eigenvalue weighted by molar-refractivity contribution is 7.17. The molecule has 1 unspecified atom stereocenters. The van der Waals surface area contributed by atoms with E-state index < -0.39 is 0 Å². The summed E-state index contributed by atoms with van der Waals surface area (Å²) in [5.74, 6) is 0. The van der Waals surface area contributed by atoms with Crippen LogP contribution in [0.1, 0.15) is 29.8 Å². The van der Waals surface area contributed by atoms with Gasteiger partial charge in [-0.3, -0.25) is 4.68 Å². The van der Waals surface area contributed by atoms with Crippen molar-refractivity contribution >= 4 is 21.4 Å². The van der Waals surface area contributed by atoms with Crippen LogP contribution in [0.25, 0.3) is 10.1 Å². The maximum absolute atomic E-state index is 4.49. The van der Waals surface area contributed by atoms with Gasteiger partial charge in [0.2, 0.25) is 0 Å². The monoisotopic (exact) mass is 285 g/mol. The fourth-order valence-corrected chi connectivity index (χ4v) is 3.68. The molecule has 3 nitrogen and oxygen atoms in total. The Morgan fingerprint density at radius 3 is 2.85 bits per heavy atom.